The highest BCUT2D eigenvalue weighted by molar-refractivity contribution is 5.80. The number of nitrogens with one attached hydrogen (secondary N) is 1. The summed E-state index contributed by atoms with van der Waals surface area (Å²) in [6, 6.07) is 5.40. The molecule has 0 aliphatic heterocycles. The zero-order chi connectivity index (χ0) is 12.1. The van der Waals surface area contributed by atoms with E-state index in [2.05, 4.69) is 5.32 Å². The third-order valence-corrected chi connectivity index (χ3v) is 2.24. The van der Waals surface area contributed by atoms with E-state index in [0.717, 1.165) is 5.56 Å². The van der Waals surface area contributed by atoms with Crippen molar-refractivity contribution in [2.75, 3.05) is 12.3 Å². The Hall–Kier alpha value is -1.71. The third kappa shape index (κ3) is 3.15. The second-order valence-electron chi connectivity index (χ2n) is 3.68. The number of ether oxygens (including phenoxy) is 1. The Kier molecular flexibility index (Phi) is 4.17. The van der Waals surface area contributed by atoms with Crippen LogP contribution in [0.2, 0.25) is 0 Å². The monoisotopic (exact) mass is 222 g/mol. The largest absolute Gasteiger partial charge is 0.481 e. The maximum atomic E-state index is 11.5. The van der Waals surface area contributed by atoms with Crippen LogP contribution < -0.4 is 15.8 Å². The summed E-state index contributed by atoms with van der Waals surface area (Å²) in [5.41, 5.74) is 7.25. The Morgan fingerprint density at radius 1 is 1.56 bits per heavy atom. The summed E-state index contributed by atoms with van der Waals surface area (Å²) in [6.07, 6.45) is -0.513. The minimum atomic E-state index is -0.513. The summed E-state index contributed by atoms with van der Waals surface area (Å²) in [6.45, 7) is 6.10. The molecular weight excluding hydrogens is 204 g/mol. The summed E-state index contributed by atoms with van der Waals surface area (Å²) in [5.74, 6) is 0.531. The molecule has 0 spiro atoms. The van der Waals surface area contributed by atoms with E-state index in [4.69, 9.17) is 10.5 Å². The molecule has 0 saturated carbocycles. The van der Waals surface area contributed by atoms with Crippen LogP contribution in [0.25, 0.3) is 0 Å². The van der Waals surface area contributed by atoms with Crippen molar-refractivity contribution in [3.05, 3.63) is 23.8 Å². The molecule has 1 aromatic rings. The van der Waals surface area contributed by atoms with E-state index in [1.807, 2.05) is 19.9 Å². The van der Waals surface area contributed by atoms with Crippen LogP contribution in [-0.4, -0.2) is 18.6 Å². The van der Waals surface area contributed by atoms with Gasteiger partial charge in [0.15, 0.2) is 6.10 Å². The zero-order valence-corrected chi connectivity index (χ0v) is 9.91. The van der Waals surface area contributed by atoms with Gasteiger partial charge in [0.25, 0.3) is 5.91 Å². The van der Waals surface area contributed by atoms with E-state index in [9.17, 15) is 4.79 Å². The Morgan fingerprint density at radius 3 is 2.88 bits per heavy atom. The number of anilines is 1. The van der Waals surface area contributed by atoms with Gasteiger partial charge in [0.05, 0.1) is 0 Å². The van der Waals surface area contributed by atoms with Gasteiger partial charge in [0.2, 0.25) is 0 Å². The van der Waals surface area contributed by atoms with Crippen molar-refractivity contribution in [3.8, 4) is 5.75 Å². The predicted molar refractivity (Wildman–Crippen MR) is 64.4 cm³/mol. The number of rotatable bonds is 4. The summed E-state index contributed by atoms with van der Waals surface area (Å²) < 4.78 is 5.55. The maximum Gasteiger partial charge on any atom is 0.260 e. The number of aryl methyl sites for hydroxylation is 1. The molecule has 4 nitrogen and oxygen atoms in total. The molecule has 3 N–H and O–H groups in total. The number of benzene rings is 1. The molecule has 0 saturated heterocycles. The van der Waals surface area contributed by atoms with Crippen LogP contribution in [0.5, 0.6) is 5.75 Å². The molecule has 1 amide bonds. The Labute approximate surface area is 95.8 Å². The van der Waals surface area contributed by atoms with Crippen LogP contribution in [0.3, 0.4) is 0 Å². The van der Waals surface area contributed by atoms with E-state index >= 15 is 0 Å². The quantitative estimate of drug-likeness (QED) is 0.758. The molecule has 1 aromatic carbocycles. The molecular formula is C12H18N2O2. The van der Waals surface area contributed by atoms with Crippen LogP contribution in [0.15, 0.2) is 18.2 Å². The second-order valence-corrected chi connectivity index (χ2v) is 3.68. The molecule has 0 aromatic heterocycles. The minimum absolute atomic E-state index is 0.121. The first-order valence-corrected chi connectivity index (χ1v) is 5.35. The fraction of sp³-hybridized carbons (Fsp3) is 0.417. The van der Waals surface area contributed by atoms with Gasteiger partial charge in [-0.2, -0.15) is 0 Å². The van der Waals surface area contributed by atoms with Crippen molar-refractivity contribution in [3.63, 3.8) is 0 Å². The van der Waals surface area contributed by atoms with Gasteiger partial charge in [-0.1, -0.05) is 6.07 Å². The van der Waals surface area contributed by atoms with Crippen molar-refractivity contribution >= 4 is 11.6 Å². The highest BCUT2D eigenvalue weighted by Gasteiger charge is 2.14. The smallest absolute Gasteiger partial charge is 0.260 e. The van der Waals surface area contributed by atoms with Gasteiger partial charge in [0, 0.05) is 18.3 Å². The molecule has 0 fully saturated rings. The zero-order valence-electron chi connectivity index (χ0n) is 9.91. The summed E-state index contributed by atoms with van der Waals surface area (Å²) in [5, 5.41) is 2.70. The topological polar surface area (TPSA) is 64.3 Å². The summed E-state index contributed by atoms with van der Waals surface area (Å²) in [4.78, 5) is 11.5. The fourth-order valence-electron chi connectivity index (χ4n) is 1.31. The van der Waals surface area contributed by atoms with Gasteiger partial charge in [-0.3, -0.25) is 4.79 Å². The second kappa shape index (κ2) is 5.39. The van der Waals surface area contributed by atoms with E-state index in [0.29, 0.717) is 18.0 Å². The molecule has 0 aliphatic rings. The van der Waals surface area contributed by atoms with Gasteiger partial charge < -0.3 is 15.8 Å². The van der Waals surface area contributed by atoms with Crippen molar-refractivity contribution in [2.45, 2.75) is 26.9 Å². The standard InChI is InChI=1S/C12H18N2O2/c1-4-14-12(15)9(3)16-11-7-10(13)6-5-8(11)2/h5-7,9H,4,13H2,1-3H3,(H,14,15). The number of nitrogens with two attached hydrogens (primary N) is 1. The maximum absolute atomic E-state index is 11.5. The van der Waals surface area contributed by atoms with Crippen LogP contribution in [0.4, 0.5) is 5.69 Å². The lowest BCUT2D eigenvalue weighted by Crippen LogP contribution is -2.36. The lowest BCUT2D eigenvalue weighted by atomic mass is 10.2. The number of carbonyl (C=O) groups is 1. The van der Waals surface area contributed by atoms with Gasteiger partial charge in [-0.15, -0.1) is 0 Å². The van der Waals surface area contributed by atoms with Crippen molar-refractivity contribution < 1.29 is 9.53 Å². The fourth-order valence-corrected chi connectivity index (χ4v) is 1.31. The number of carbonyl (C=O) groups excluding carboxylic acids is 1. The van der Waals surface area contributed by atoms with E-state index in [1.54, 1.807) is 19.1 Å². The first-order chi connectivity index (χ1) is 7.54. The Morgan fingerprint density at radius 2 is 2.25 bits per heavy atom. The van der Waals surface area contributed by atoms with Crippen LogP contribution >= 0.6 is 0 Å². The molecule has 88 valence electrons. The van der Waals surface area contributed by atoms with Crippen LogP contribution in [-0.2, 0) is 4.79 Å². The lowest BCUT2D eigenvalue weighted by Gasteiger charge is -2.16. The van der Waals surface area contributed by atoms with Gasteiger partial charge >= 0.3 is 0 Å². The lowest BCUT2D eigenvalue weighted by molar-refractivity contribution is -0.127. The first-order valence-electron chi connectivity index (χ1n) is 5.35. The van der Waals surface area contributed by atoms with E-state index in [-0.39, 0.29) is 5.91 Å². The molecule has 0 radical (unpaired) electrons. The van der Waals surface area contributed by atoms with Gasteiger partial charge in [0.1, 0.15) is 5.75 Å². The summed E-state index contributed by atoms with van der Waals surface area (Å²) in [7, 11) is 0. The van der Waals surface area contributed by atoms with E-state index in [1.165, 1.54) is 0 Å². The SMILES string of the molecule is CCNC(=O)C(C)Oc1cc(N)ccc1C. The Bertz CT molecular complexity index is 377. The molecule has 0 aliphatic carbocycles. The normalized spacial score (nSPS) is 11.9. The number of amides is 1. The molecule has 0 heterocycles. The number of likely N-dealkylation sites (N-methyl/N-ethyl adjacent to an activating group) is 1. The third-order valence-electron chi connectivity index (χ3n) is 2.24. The average Bonchev–Trinajstić information content (AvgIpc) is 2.23. The van der Waals surface area contributed by atoms with Crippen molar-refractivity contribution in [1.82, 2.24) is 5.32 Å². The van der Waals surface area contributed by atoms with E-state index < -0.39 is 6.10 Å². The molecule has 0 bridgehead atoms. The minimum Gasteiger partial charge on any atom is -0.481 e. The molecule has 16 heavy (non-hydrogen) atoms. The van der Waals surface area contributed by atoms with Crippen molar-refractivity contribution in [1.29, 1.82) is 0 Å². The van der Waals surface area contributed by atoms with Crippen LogP contribution in [0, 0.1) is 6.92 Å². The molecule has 1 rings (SSSR count). The van der Waals surface area contributed by atoms with Gasteiger partial charge in [-0.05, 0) is 32.4 Å². The molecule has 1 unspecified atom stereocenters. The number of nitrogen functional groups attached to an aromatic ring is 1. The summed E-state index contributed by atoms with van der Waals surface area (Å²) >= 11 is 0. The number of hydrogen-bond donors (Lipinski definition) is 2. The van der Waals surface area contributed by atoms with Crippen LogP contribution in [0.1, 0.15) is 19.4 Å². The van der Waals surface area contributed by atoms with Gasteiger partial charge in [-0.25, -0.2) is 0 Å². The first kappa shape index (κ1) is 12.4. The molecule has 1 atom stereocenters. The highest BCUT2D eigenvalue weighted by Crippen LogP contribution is 2.21. The predicted octanol–water partition coefficient (Wildman–Crippen LogP) is 1.48. The van der Waals surface area contributed by atoms with Crippen molar-refractivity contribution in [2.24, 2.45) is 0 Å². The number of hydrogen-bond acceptors (Lipinski definition) is 3. The average molecular weight is 222 g/mol. The molecule has 4 heteroatoms. The Balaban J connectivity index is 2.72. The highest BCUT2D eigenvalue weighted by atomic mass is 16.5.